The molecule has 0 radical (unpaired) electrons. The van der Waals surface area contributed by atoms with Gasteiger partial charge in [-0.25, -0.2) is 18.1 Å². The summed E-state index contributed by atoms with van der Waals surface area (Å²) in [5.74, 6) is -0.320. The van der Waals surface area contributed by atoms with Crippen LogP contribution in [0.2, 0.25) is 0 Å². The first-order chi connectivity index (χ1) is 13.9. The lowest BCUT2D eigenvalue weighted by Gasteiger charge is -2.15. The van der Waals surface area contributed by atoms with E-state index in [1.165, 1.54) is 12.1 Å². The molecular formula is C21H22N4O3S. The summed E-state index contributed by atoms with van der Waals surface area (Å²) in [7, 11) is -3.60. The third-order valence-corrected chi connectivity index (χ3v) is 6.37. The van der Waals surface area contributed by atoms with E-state index < -0.39 is 10.0 Å². The molecule has 0 spiro atoms. The lowest BCUT2D eigenvalue weighted by molar-refractivity contribution is 0.0939. The maximum Gasteiger partial charge on any atom is 0.251 e. The molecule has 2 N–H and O–H groups in total. The standard InChI is InChI=1S/C21H22N4O3S/c1-15(16-5-9-19(10-6-16)25-12-11-22-14-25)23-21(26)17-3-2-4-20(13-17)29(27,28)24-18-7-8-18/h2-6,9-15,18,24H,7-8H2,1H3,(H,23,26)/t15-/m0/s1. The molecule has 0 unspecified atom stereocenters. The van der Waals surface area contributed by atoms with Crippen molar-refractivity contribution in [3.8, 4) is 5.69 Å². The van der Waals surface area contributed by atoms with Gasteiger partial charge in [0.15, 0.2) is 0 Å². The molecule has 1 fully saturated rings. The van der Waals surface area contributed by atoms with E-state index in [9.17, 15) is 13.2 Å². The van der Waals surface area contributed by atoms with Crippen LogP contribution < -0.4 is 10.0 Å². The van der Waals surface area contributed by atoms with Crippen molar-refractivity contribution < 1.29 is 13.2 Å². The number of imidazole rings is 1. The van der Waals surface area contributed by atoms with Crippen molar-refractivity contribution in [1.29, 1.82) is 0 Å². The zero-order valence-corrected chi connectivity index (χ0v) is 16.8. The Hall–Kier alpha value is -2.97. The summed E-state index contributed by atoms with van der Waals surface area (Å²) in [6.45, 7) is 1.89. The average Bonchev–Trinajstić information content (AvgIpc) is 3.35. The Morgan fingerprint density at radius 2 is 1.93 bits per heavy atom. The summed E-state index contributed by atoms with van der Waals surface area (Å²) >= 11 is 0. The van der Waals surface area contributed by atoms with E-state index in [-0.39, 0.29) is 22.9 Å². The second kappa shape index (κ2) is 7.81. The van der Waals surface area contributed by atoms with Gasteiger partial charge < -0.3 is 9.88 Å². The molecule has 1 amide bonds. The molecule has 1 heterocycles. The van der Waals surface area contributed by atoms with Crippen molar-refractivity contribution in [2.75, 3.05) is 0 Å². The first-order valence-corrected chi connectivity index (χ1v) is 10.9. The van der Waals surface area contributed by atoms with Gasteiger partial charge in [0.2, 0.25) is 10.0 Å². The molecule has 0 aliphatic heterocycles. The Bertz CT molecular complexity index is 1110. The number of aromatic nitrogens is 2. The van der Waals surface area contributed by atoms with Gasteiger partial charge in [0, 0.05) is 29.7 Å². The molecule has 3 aromatic rings. The molecule has 1 saturated carbocycles. The van der Waals surface area contributed by atoms with E-state index in [1.807, 2.05) is 42.0 Å². The number of benzene rings is 2. The zero-order chi connectivity index (χ0) is 20.4. The number of nitrogens with zero attached hydrogens (tertiary/aromatic N) is 2. The average molecular weight is 410 g/mol. The van der Waals surface area contributed by atoms with Crippen LogP contribution in [0, 0.1) is 0 Å². The van der Waals surface area contributed by atoms with Crippen LogP contribution in [0.1, 0.15) is 41.7 Å². The van der Waals surface area contributed by atoms with Gasteiger partial charge in [0.25, 0.3) is 5.91 Å². The van der Waals surface area contributed by atoms with Gasteiger partial charge in [0.1, 0.15) is 0 Å². The lowest BCUT2D eigenvalue weighted by atomic mass is 10.1. The number of carbonyl (C=O) groups is 1. The topological polar surface area (TPSA) is 93.1 Å². The smallest absolute Gasteiger partial charge is 0.251 e. The number of hydrogen-bond donors (Lipinski definition) is 2. The van der Waals surface area contributed by atoms with E-state index >= 15 is 0 Å². The molecular weight excluding hydrogens is 388 g/mol. The number of hydrogen-bond acceptors (Lipinski definition) is 4. The fourth-order valence-corrected chi connectivity index (χ4v) is 4.35. The second-order valence-electron chi connectivity index (χ2n) is 7.18. The summed E-state index contributed by atoms with van der Waals surface area (Å²) in [5.41, 5.74) is 2.23. The van der Waals surface area contributed by atoms with Crippen molar-refractivity contribution in [2.45, 2.75) is 36.7 Å². The summed E-state index contributed by atoms with van der Waals surface area (Å²) in [5, 5.41) is 2.93. The highest BCUT2D eigenvalue weighted by atomic mass is 32.2. The third-order valence-electron chi connectivity index (χ3n) is 4.85. The second-order valence-corrected chi connectivity index (χ2v) is 8.89. The summed E-state index contributed by atoms with van der Waals surface area (Å²) in [4.78, 5) is 16.8. The van der Waals surface area contributed by atoms with E-state index in [1.54, 1.807) is 24.7 Å². The van der Waals surface area contributed by atoms with Crippen LogP contribution in [0.4, 0.5) is 0 Å². The van der Waals surface area contributed by atoms with Crippen molar-refractivity contribution in [3.05, 3.63) is 78.4 Å². The Morgan fingerprint density at radius 1 is 1.17 bits per heavy atom. The van der Waals surface area contributed by atoms with Crippen LogP contribution in [0.15, 0.2) is 72.1 Å². The largest absolute Gasteiger partial charge is 0.346 e. The van der Waals surface area contributed by atoms with E-state index in [0.29, 0.717) is 5.56 Å². The minimum atomic E-state index is -3.60. The number of rotatable bonds is 7. The van der Waals surface area contributed by atoms with Gasteiger partial charge in [0.05, 0.1) is 17.3 Å². The first kappa shape index (κ1) is 19.4. The number of nitrogens with one attached hydrogen (secondary N) is 2. The highest BCUT2D eigenvalue weighted by Gasteiger charge is 2.28. The predicted octanol–water partition coefficient (Wildman–Crippen LogP) is 2.80. The van der Waals surface area contributed by atoms with Gasteiger partial charge in [-0.3, -0.25) is 4.79 Å². The predicted molar refractivity (Wildman–Crippen MR) is 109 cm³/mol. The Labute approximate surface area is 169 Å². The fraction of sp³-hybridized carbons (Fsp3) is 0.238. The molecule has 1 aliphatic rings. The molecule has 8 heteroatoms. The van der Waals surface area contributed by atoms with Gasteiger partial charge in [-0.15, -0.1) is 0 Å². The molecule has 0 saturated heterocycles. The number of sulfonamides is 1. The van der Waals surface area contributed by atoms with Crippen LogP contribution in [0.3, 0.4) is 0 Å². The van der Waals surface area contributed by atoms with E-state index in [4.69, 9.17) is 0 Å². The SMILES string of the molecule is C[C@H](NC(=O)c1cccc(S(=O)(=O)NC2CC2)c1)c1ccc(-n2ccnc2)cc1. The number of carbonyl (C=O) groups excluding carboxylic acids is 1. The number of amides is 1. The van der Waals surface area contributed by atoms with Crippen LogP contribution in [0.25, 0.3) is 5.69 Å². The Morgan fingerprint density at radius 3 is 2.59 bits per heavy atom. The Balaban J connectivity index is 1.45. The molecule has 1 aliphatic carbocycles. The molecule has 4 rings (SSSR count). The van der Waals surface area contributed by atoms with E-state index in [2.05, 4.69) is 15.0 Å². The molecule has 150 valence electrons. The molecule has 2 aromatic carbocycles. The van der Waals surface area contributed by atoms with Crippen molar-refractivity contribution >= 4 is 15.9 Å². The minimum Gasteiger partial charge on any atom is -0.346 e. The van der Waals surface area contributed by atoms with Gasteiger partial charge in [-0.2, -0.15) is 0 Å². The fourth-order valence-electron chi connectivity index (χ4n) is 3.00. The van der Waals surface area contributed by atoms with E-state index in [0.717, 1.165) is 24.1 Å². The third kappa shape index (κ3) is 4.55. The van der Waals surface area contributed by atoms with Gasteiger partial charge in [-0.1, -0.05) is 18.2 Å². The maximum atomic E-state index is 12.7. The van der Waals surface area contributed by atoms with Crippen LogP contribution >= 0.6 is 0 Å². The molecule has 29 heavy (non-hydrogen) atoms. The van der Waals surface area contributed by atoms with Crippen LogP contribution in [-0.4, -0.2) is 29.9 Å². The monoisotopic (exact) mass is 410 g/mol. The zero-order valence-electron chi connectivity index (χ0n) is 15.9. The van der Waals surface area contributed by atoms with Crippen molar-refractivity contribution in [3.63, 3.8) is 0 Å². The van der Waals surface area contributed by atoms with Crippen LogP contribution in [0.5, 0.6) is 0 Å². The van der Waals surface area contributed by atoms with Crippen molar-refractivity contribution in [2.24, 2.45) is 0 Å². The molecule has 0 bridgehead atoms. The van der Waals surface area contributed by atoms with Gasteiger partial charge in [-0.05, 0) is 55.7 Å². The summed E-state index contributed by atoms with van der Waals surface area (Å²) in [6.07, 6.45) is 7.01. The lowest BCUT2D eigenvalue weighted by Crippen LogP contribution is -2.28. The highest BCUT2D eigenvalue weighted by Crippen LogP contribution is 2.23. The molecule has 7 nitrogen and oxygen atoms in total. The Kier molecular flexibility index (Phi) is 5.21. The highest BCUT2D eigenvalue weighted by molar-refractivity contribution is 7.89. The van der Waals surface area contributed by atoms with Gasteiger partial charge >= 0.3 is 0 Å². The maximum absolute atomic E-state index is 12.7. The molecule has 1 aromatic heterocycles. The normalized spacial score (nSPS) is 15.1. The van der Waals surface area contributed by atoms with Crippen molar-refractivity contribution in [1.82, 2.24) is 19.6 Å². The summed E-state index contributed by atoms with van der Waals surface area (Å²) < 4.78 is 29.3. The van der Waals surface area contributed by atoms with Crippen LogP contribution in [-0.2, 0) is 10.0 Å². The first-order valence-electron chi connectivity index (χ1n) is 9.44. The quantitative estimate of drug-likeness (QED) is 0.626. The minimum absolute atomic E-state index is 0.0165. The molecule has 1 atom stereocenters. The summed E-state index contributed by atoms with van der Waals surface area (Å²) in [6, 6.07) is 13.7.